The summed E-state index contributed by atoms with van der Waals surface area (Å²) in [7, 11) is 0. The molecule has 148 valence electrons. The molecular weight excluding hydrogens is 352 g/mol. The van der Waals surface area contributed by atoms with Gasteiger partial charge in [0.25, 0.3) is 0 Å². The molecule has 0 aliphatic carbocycles. The Morgan fingerprint density at radius 1 is 0.741 bits per heavy atom. The fourth-order valence-electron chi connectivity index (χ4n) is 4.50. The molecule has 2 aromatic carbocycles. The predicted molar refractivity (Wildman–Crippen MR) is 122 cm³/mol. The van der Waals surface area contributed by atoms with Crippen molar-refractivity contribution in [2.75, 3.05) is 29.6 Å². The van der Waals surface area contributed by atoms with E-state index in [1.165, 1.54) is 39.2 Å². The first-order valence-electron chi connectivity index (χ1n) is 10.00. The highest BCUT2D eigenvalue weighted by atomic mass is 35.5. The van der Waals surface area contributed by atoms with Gasteiger partial charge in [-0.2, -0.15) is 0 Å². The van der Waals surface area contributed by atoms with Crippen molar-refractivity contribution in [2.45, 2.75) is 60.3 Å². The van der Waals surface area contributed by atoms with Gasteiger partial charge in [-0.3, -0.25) is 0 Å². The fraction of sp³-hybridized carbons (Fsp3) is 0.500. The van der Waals surface area contributed by atoms with E-state index in [4.69, 9.17) is 0 Å². The summed E-state index contributed by atoms with van der Waals surface area (Å²) in [5, 5.41) is 0. The molecule has 0 N–H and O–H groups in total. The second-order valence-corrected chi connectivity index (χ2v) is 8.51. The van der Waals surface area contributed by atoms with E-state index in [-0.39, 0.29) is 12.4 Å². The van der Waals surface area contributed by atoms with E-state index in [1.54, 1.807) is 0 Å². The number of para-hydroxylation sites is 1. The summed E-state index contributed by atoms with van der Waals surface area (Å²) in [5.41, 5.74) is 10.0. The molecule has 3 heteroatoms. The average Bonchev–Trinajstić information content (AvgIpc) is 3.02. The Balaban J connectivity index is 0.00000261. The Morgan fingerprint density at radius 2 is 1.19 bits per heavy atom. The third-order valence-corrected chi connectivity index (χ3v) is 5.59. The number of aryl methyl sites for hydroxylation is 3. The van der Waals surface area contributed by atoms with Crippen molar-refractivity contribution in [3.63, 3.8) is 0 Å². The molecule has 1 aliphatic rings. The summed E-state index contributed by atoms with van der Waals surface area (Å²) in [4.78, 5) is 5.16. The van der Waals surface area contributed by atoms with Crippen molar-refractivity contribution < 1.29 is 0 Å². The molecule has 1 heterocycles. The van der Waals surface area contributed by atoms with Crippen molar-refractivity contribution in [1.29, 1.82) is 0 Å². The highest BCUT2D eigenvalue weighted by Crippen LogP contribution is 2.38. The predicted octanol–water partition coefficient (Wildman–Crippen LogP) is 6.56. The van der Waals surface area contributed by atoms with Crippen LogP contribution in [-0.4, -0.2) is 19.8 Å². The van der Waals surface area contributed by atoms with Crippen molar-refractivity contribution >= 4 is 23.8 Å². The van der Waals surface area contributed by atoms with Gasteiger partial charge in [0.15, 0.2) is 0 Å². The Labute approximate surface area is 172 Å². The van der Waals surface area contributed by atoms with E-state index in [0.29, 0.717) is 11.8 Å². The van der Waals surface area contributed by atoms with Crippen molar-refractivity contribution in [3.05, 3.63) is 58.1 Å². The second kappa shape index (κ2) is 8.56. The molecule has 2 nitrogen and oxygen atoms in total. The number of rotatable bonds is 4. The lowest BCUT2D eigenvalue weighted by Gasteiger charge is -2.29. The molecule has 1 aliphatic heterocycles. The molecule has 0 amide bonds. The van der Waals surface area contributed by atoms with Crippen molar-refractivity contribution in [3.8, 4) is 0 Å². The summed E-state index contributed by atoms with van der Waals surface area (Å²) in [6, 6.07) is 11.5. The molecule has 0 spiro atoms. The Kier molecular flexibility index (Phi) is 6.86. The fourth-order valence-corrected chi connectivity index (χ4v) is 4.50. The number of nitrogens with zero attached hydrogens (tertiary/aromatic N) is 2. The molecule has 0 atom stereocenters. The van der Waals surface area contributed by atoms with Gasteiger partial charge in [0, 0.05) is 24.5 Å². The minimum atomic E-state index is 0. The van der Waals surface area contributed by atoms with Gasteiger partial charge in [-0.25, -0.2) is 0 Å². The van der Waals surface area contributed by atoms with E-state index in [1.807, 2.05) is 0 Å². The van der Waals surface area contributed by atoms with E-state index >= 15 is 0 Å². The van der Waals surface area contributed by atoms with Crippen LogP contribution in [0.2, 0.25) is 0 Å². The van der Waals surface area contributed by atoms with Gasteiger partial charge in [-0.05, 0) is 54.9 Å². The van der Waals surface area contributed by atoms with Gasteiger partial charge in [0.2, 0.25) is 0 Å². The summed E-state index contributed by atoms with van der Waals surface area (Å²) < 4.78 is 0. The molecule has 27 heavy (non-hydrogen) atoms. The van der Waals surface area contributed by atoms with Crippen LogP contribution in [0.3, 0.4) is 0 Å². The van der Waals surface area contributed by atoms with Crippen LogP contribution in [0.1, 0.15) is 67.3 Å². The van der Waals surface area contributed by atoms with Crippen LogP contribution in [0, 0.1) is 20.8 Å². The molecule has 0 radical (unpaired) electrons. The number of benzene rings is 2. The topological polar surface area (TPSA) is 6.48 Å². The zero-order valence-electron chi connectivity index (χ0n) is 18.0. The van der Waals surface area contributed by atoms with Crippen molar-refractivity contribution in [2.24, 2.45) is 0 Å². The monoisotopic (exact) mass is 386 g/mol. The molecule has 0 unspecified atom stereocenters. The van der Waals surface area contributed by atoms with Crippen LogP contribution in [0.25, 0.3) is 0 Å². The molecule has 0 aromatic heterocycles. The highest BCUT2D eigenvalue weighted by Gasteiger charge is 2.27. The molecule has 0 bridgehead atoms. The van der Waals surface area contributed by atoms with Crippen molar-refractivity contribution in [1.82, 2.24) is 0 Å². The smallest absolute Gasteiger partial charge is 0.0904 e. The minimum Gasteiger partial charge on any atom is -0.352 e. The number of halogens is 1. The summed E-state index contributed by atoms with van der Waals surface area (Å²) in [5.74, 6) is 1.08. The zero-order chi connectivity index (χ0) is 19.0. The molecular formula is C24H35ClN2. The maximum absolute atomic E-state index is 2.60. The lowest BCUT2D eigenvalue weighted by molar-refractivity contribution is 0.807. The largest absolute Gasteiger partial charge is 0.352 e. The maximum atomic E-state index is 2.60. The molecule has 0 saturated carbocycles. The number of anilines is 2. The Hall–Kier alpha value is -1.67. The Bertz CT molecular complexity index is 746. The van der Waals surface area contributed by atoms with Crippen LogP contribution in [-0.2, 0) is 0 Å². The van der Waals surface area contributed by atoms with Gasteiger partial charge in [-0.15, -0.1) is 12.4 Å². The van der Waals surface area contributed by atoms with Crippen LogP contribution >= 0.6 is 12.4 Å². The summed E-state index contributed by atoms with van der Waals surface area (Å²) in [6.45, 7) is 19.1. The van der Waals surface area contributed by atoms with E-state index < -0.39 is 0 Å². The summed E-state index contributed by atoms with van der Waals surface area (Å²) >= 11 is 0. The second-order valence-electron chi connectivity index (χ2n) is 8.51. The standard InChI is InChI=1S/C24H34N2.ClH/c1-16(2)21-9-8-10-22(17(3)4)24(21)26-12-11-25(15-26)23-19(6)13-18(5)14-20(23)7;/h8-10,13-14,16-17H,11-12,15H2,1-7H3;1H. The third-order valence-electron chi connectivity index (χ3n) is 5.59. The highest BCUT2D eigenvalue weighted by molar-refractivity contribution is 5.85. The zero-order valence-corrected chi connectivity index (χ0v) is 18.8. The summed E-state index contributed by atoms with van der Waals surface area (Å²) in [6.07, 6.45) is 0. The first-order valence-corrected chi connectivity index (χ1v) is 10.00. The molecule has 1 saturated heterocycles. The van der Waals surface area contributed by atoms with E-state index in [2.05, 4.69) is 88.6 Å². The third kappa shape index (κ3) is 4.27. The molecule has 1 fully saturated rings. The van der Waals surface area contributed by atoms with E-state index in [9.17, 15) is 0 Å². The minimum absolute atomic E-state index is 0. The van der Waals surface area contributed by atoms with Gasteiger partial charge >= 0.3 is 0 Å². The van der Waals surface area contributed by atoms with Crippen LogP contribution < -0.4 is 9.80 Å². The van der Waals surface area contributed by atoms with Crippen LogP contribution in [0.5, 0.6) is 0 Å². The quantitative estimate of drug-likeness (QED) is 0.586. The van der Waals surface area contributed by atoms with E-state index in [0.717, 1.165) is 19.8 Å². The molecule has 3 rings (SSSR count). The average molecular weight is 387 g/mol. The lowest BCUT2D eigenvalue weighted by Crippen LogP contribution is -2.28. The lowest BCUT2D eigenvalue weighted by atomic mass is 9.92. The first-order chi connectivity index (χ1) is 12.3. The van der Waals surface area contributed by atoms with Gasteiger partial charge < -0.3 is 9.80 Å². The van der Waals surface area contributed by atoms with Gasteiger partial charge in [-0.1, -0.05) is 63.6 Å². The van der Waals surface area contributed by atoms with Gasteiger partial charge in [0.05, 0.1) is 6.67 Å². The SMILES string of the molecule is Cc1cc(C)c(N2CCN(c3c(C(C)C)cccc3C(C)C)C2)c(C)c1.Cl. The number of hydrogen-bond acceptors (Lipinski definition) is 2. The normalized spacial score (nSPS) is 14.3. The number of hydrogen-bond donors (Lipinski definition) is 0. The van der Waals surface area contributed by atoms with Gasteiger partial charge in [0.1, 0.15) is 0 Å². The molecule has 2 aromatic rings. The van der Waals surface area contributed by atoms with Crippen LogP contribution in [0.4, 0.5) is 11.4 Å². The first kappa shape index (κ1) is 21.6. The maximum Gasteiger partial charge on any atom is 0.0904 e. The Morgan fingerprint density at radius 3 is 1.63 bits per heavy atom. The van der Waals surface area contributed by atoms with Crippen LogP contribution in [0.15, 0.2) is 30.3 Å².